The number of rotatable bonds is 10. The van der Waals surface area contributed by atoms with Crippen molar-refractivity contribution in [2.24, 2.45) is 40.9 Å². The molecule has 48 heavy (non-hydrogen) atoms. The molecule has 0 radical (unpaired) electrons. The minimum absolute atomic E-state index is 0.518. The van der Waals surface area contributed by atoms with Crippen LogP contribution < -0.4 is 0 Å². The van der Waals surface area contributed by atoms with Crippen molar-refractivity contribution in [2.45, 2.75) is 235 Å². The van der Waals surface area contributed by atoms with Crippen LogP contribution in [0.5, 0.6) is 0 Å². The Kier molecular flexibility index (Phi) is 68.9. The van der Waals surface area contributed by atoms with Gasteiger partial charge in [-0.2, -0.15) is 0 Å². The molecule has 6 unspecified atom stereocenters. The van der Waals surface area contributed by atoms with E-state index < -0.39 is 0 Å². The monoisotopic (exact) mass is 681 g/mol. The van der Waals surface area contributed by atoms with Gasteiger partial charge in [-0.15, -0.1) is 13.2 Å². The Morgan fingerprint density at radius 3 is 1.40 bits per heavy atom. The van der Waals surface area contributed by atoms with Crippen LogP contribution in [0.15, 0.2) is 37.5 Å². The second kappa shape index (κ2) is 53.0. The predicted molar refractivity (Wildman–Crippen MR) is 236 cm³/mol. The number of allylic oxidation sites excluding steroid dienone is 4. The minimum Gasteiger partial charge on any atom is -0.106 e. The average molecular weight is 681 g/mol. The first-order chi connectivity index (χ1) is 23.5. The Morgan fingerprint density at radius 1 is 0.688 bits per heavy atom. The van der Waals surface area contributed by atoms with Gasteiger partial charge >= 0.3 is 0 Å². The van der Waals surface area contributed by atoms with Crippen LogP contribution in [0, 0.1) is 40.9 Å². The third kappa shape index (κ3) is 35.1. The van der Waals surface area contributed by atoms with Gasteiger partial charge in [0.1, 0.15) is 0 Å². The fourth-order valence-corrected chi connectivity index (χ4v) is 5.95. The normalized spacial score (nSPS) is 24.2. The van der Waals surface area contributed by atoms with Crippen LogP contribution in [0.2, 0.25) is 0 Å². The van der Waals surface area contributed by atoms with Gasteiger partial charge in [-0.3, -0.25) is 0 Å². The highest BCUT2D eigenvalue weighted by atomic mass is 14.5. The SMILES string of the molecule is C1CCC1.C=C.CC.CC.CC.CC.CC.CC.CC.CCCC(CCC)C1(C)C=CCCC1.CCCC1C(C)C1/C=C\CC1CC1C. The van der Waals surface area contributed by atoms with Crippen LogP contribution >= 0.6 is 0 Å². The molecule has 0 amide bonds. The van der Waals surface area contributed by atoms with E-state index in [1.165, 1.54) is 96.3 Å². The molecule has 0 bridgehead atoms. The molecule has 296 valence electrons. The molecule has 3 fully saturated rings. The smallest absolute Gasteiger partial charge is 0.0118 e. The van der Waals surface area contributed by atoms with Crippen LogP contribution in [0.3, 0.4) is 0 Å². The zero-order valence-corrected chi connectivity index (χ0v) is 38.3. The van der Waals surface area contributed by atoms with E-state index in [1.807, 2.05) is 96.9 Å². The maximum Gasteiger partial charge on any atom is -0.0118 e. The summed E-state index contributed by atoms with van der Waals surface area (Å²) in [5, 5.41) is 0. The number of hydrogen-bond acceptors (Lipinski definition) is 0. The molecular weight excluding hydrogens is 577 g/mol. The molecule has 0 heteroatoms. The van der Waals surface area contributed by atoms with Crippen LogP contribution in [-0.4, -0.2) is 0 Å². The Labute approximate surface area is 312 Å². The summed E-state index contributed by atoms with van der Waals surface area (Å²) in [6.07, 6.45) is 31.1. The predicted octanol–water partition coefficient (Wildman–Crippen LogP) is 18.8. The molecule has 3 saturated carbocycles. The molecule has 0 nitrogen and oxygen atoms in total. The van der Waals surface area contributed by atoms with Crippen LogP contribution in [0.25, 0.3) is 0 Å². The first-order valence-electron chi connectivity index (χ1n) is 22.3. The van der Waals surface area contributed by atoms with Crippen molar-refractivity contribution < 1.29 is 0 Å². The lowest BCUT2D eigenvalue weighted by Crippen LogP contribution is -2.27. The van der Waals surface area contributed by atoms with E-state index in [0.717, 1.165) is 35.5 Å². The maximum absolute atomic E-state index is 3.00. The molecular formula is C48H104. The van der Waals surface area contributed by atoms with Crippen LogP contribution in [0.4, 0.5) is 0 Å². The lowest BCUT2D eigenvalue weighted by molar-refractivity contribution is 0.195. The summed E-state index contributed by atoms with van der Waals surface area (Å²) < 4.78 is 0. The standard InChI is InChI=1S/C14H24.C14H26.C4H8.7C2H6.C2H4/c1-4-6-13-11(3)14(13)8-5-7-12-9-10(12)2;1-4-9-13(10-5-2)14(3)11-7-6-8-12-14;1-2-4-3-1;8*1-2/h5,8,10-14H,4,6-7,9H2,1-3H3;7,11,13H,4-6,8-10,12H2,1-3H3;1-4H2;7*1-2H3;1-2H2/b8-5-;;;;;;;;;;. The van der Waals surface area contributed by atoms with E-state index in [-0.39, 0.29) is 0 Å². The molecule has 4 aliphatic rings. The second-order valence-corrected chi connectivity index (χ2v) is 12.0. The van der Waals surface area contributed by atoms with E-state index in [0.29, 0.717) is 5.41 Å². The van der Waals surface area contributed by atoms with Gasteiger partial charge in [-0.25, -0.2) is 0 Å². The second-order valence-electron chi connectivity index (χ2n) is 12.0. The summed E-state index contributed by atoms with van der Waals surface area (Å²) in [7, 11) is 0. The lowest BCUT2D eigenvalue weighted by Gasteiger charge is -2.37. The molecule has 0 aromatic rings. The van der Waals surface area contributed by atoms with E-state index in [9.17, 15) is 0 Å². The van der Waals surface area contributed by atoms with Gasteiger partial charge in [0.25, 0.3) is 0 Å². The quantitative estimate of drug-likeness (QED) is 0.201. The number of hydrogen-bond donors (Lipinski definition) is 0. The van der Waals surface area contributed by atoms with Crippen LogP contribution in [0.1, 0.15) is 235 Å². The van der Waals surface area contributed by atoms with Gasteiger partial charge in [0.15, 0.2) is 0 Å². The van der Waals surface area contributed by atoms with E-state index in [1.54, 1.807) is 0 Å². The summed E-state index contributed by atoms with van der Waals surface area (Å²) in [5.41, 5.74) is 0.518. The molecule has 0 N–H and O–H groups in total. The zero-order valence-electron chi connectivity index (χ0n) is 38.3. The van der Waals surface area contributed by atoms with Gasteiger partial charge in [-0.05, 0) is 92.3 Å². The maximum atomic E-state index is 3.00. The first-order valence-corrected chi connectivity index (χ1v) is 22.3. The van der Waals surface area contributed by atoms with Crippen molar-refractivity contribution in [2.75, 3.05) is 0 Å². The van der Waals surface area contributed by atoms with Gasteiger partial charge < -0.3 is 0 Å². The molecule has 0 spiro atoms. The van der Waals surface area contributed by atoms with Gasteiger partial charge in [0.05, 0.1) is 0 Å². The molecule has 0 aromatic heterocycles. The Morgan fingerprint density at radius 2 is 1.10 bits per heavy atom. The van der Waals surface area contributed by atoms with E-state index >= 15 is 0 Å². The molecule has 0 saturated heterocycles. The molecule has 0 heterocycles. The van der Waals surface area contributed by atoms with Crippen molar-refractivity contribution in [1.82, 2.24) is 0 Å². The topological polar surface area (TPSA) is 0 Å². The van der Waals surface area contributed by atoms with E-state index in [4.69, 9.17) is 0 Å². The molecule has 4 rings (SSSR count). The minimum atomic E-state index is 0.518. The highest BCUT2D eigenvalue weighted by molar-refractivity contribution is 5.07. The van der Waals surface area contributed by atoms with Crippen LogP contribution in [-0.2, 0) is 0 Å². The summed E-state index contributed by atoms with van der Waals surface area (Å²) in [5.74, 6) is 5.90. The zero-order chi connectivity index (χ0) is 39.4. The molecule has 4 aliphatic carbocycles. The summed E-state index contributed by atoms with van der Waals surface area (Å²) in [6, 6.07) is 0. The van der Waals surface area contributed by atoms with Gasteiger partial charge in [0, 0.05) is 0 Å². The lowest BCUT2D eigenvalue weighted by atomic mass is 9.68. The van der Waals surface area contributed by atoms with Crippen molar-refractivity contribution in [3.05, 3.63) is 37.5 Å². The van der Waals surface area contributed by atoms with Crippen molar-refractivity contribution >= 4 is 0 Å². The Bertz CT molecular complexity index is 542. The van der Waals surface area contributed by atoms with Gasteiger partial charge in [-0.1, -0.05) is 208 Å². The Balaban J connectivity index is -0.0000000917. The molecule has 0 aliphatic heterocycles. The summed E-state index contributed by atoms with van der Waals surface area (Å²) >= 11 is 0. The Hall–Kier alpha value is -0.780. The van der Waals surface area contributed by atoms with Crippen molar-refractivity contribution in [1.29, 1.82) is 0 Å². The highest BCUT2D eigenvalue weighted by Gasteiger charge is 2.43. The van der Waals surface area contributed by atoms with Crippen molar-refractivity contribution in [3.63, 3.8) is 0 Å². The third-order valence-corrected chi connectivity index (χ3v) is 9.12. The fraction of sp³-hybridized carbons (Fsp3) is 0.875. The fourth-order valence-electron chi connectivity index (χ4n) is 5.95. The first kappa shape index (κ1) is 62.4. The average Bonchev–Trinajstić information content (AvgIpc) is 4.03. The highest BCUT2D eigenvalue weighted by Crippen LogP contribution is 2.50. The third-order valence-electron chi connectivity index (χ3n) is 9.12. The van der Waals surface area contributed by atoms with Crippen molar-refractivity contribution in [3.8, 4) is 0 Å². The molecule has 0 aromatic carbocycles. The van der Waals surface area contributed by atoms with E-state index in [2.05, 4.69) is 79.0 Å². The summed E-state index contributed by atoms with van der Waals surface area (Å²) in [4.78, 5) is 0. The summed E-state index contributed by atoms with van der Waals surface area (Å²) in [6.45, 7) is 48.2. The molecule has 6 atom stereocenters. The largest absolute Gasteiger partial charge is 0.106 e. The van der Waals surface area contributed by atoms with Gasteiger partial charge in [0.2, 0.25) is 0 Å².